The quantitative estimate of drug-likeness (QED) is 0.440. The van der Waals surface area contributed by atoms with E-state index in [1.807, 2.05) is 0 Å². The molecule has 33 heavy (non-hydrogen) atoms. The molecule has 0 bridgehead atoms. The van der Waals surface area contributed by atoms with Gasteiger partial charge in [-0.05, 0) is 36.4 Å². The van der Waals surface area contributed by atoms with Gasteiger partial charge in [0.2, 0.25) is 0 Å². The molecule has 0 radical (unpaired) electrons. The minimum Gasteiger partial charge on any atom is -0.484 e. The molecule has 0 aliphatic rings. The van der Waals surface area contributed by atoms with E-state index in [9.17, 15) is 34.8 Å². The number of nitrogens with zero attached hydrogens (tertiary/aromatic N) is 1. The van der Waals surface area contributed by atoms with Crippen LogP contribution < -0.4 is 14.2 Å². The molecular weight excluding hydrogens is 478 g/mol. The Morgan fingerprint density at radius 2 is 1.42 bits per heavy atom. The third-order valence-corrected chi connectivity index (χ3v) is 5.42. The summed E-state index contributed by atoms with van der Waals surface area (Å²) in [6.45, 7) is -3.53. The van der Waals surface area contributed by atoms with Crippen molar-refractivity contribution in [3.8, 4) is 17.2 Å². The minimum atomic E-state index is -4.78. The Hall–Kier alpha value is -3.35. The molecule has 0 aliphatic carbocycles. The zero-order valence-corrected chi connectivity index (χ0v) is 17.3. The van der Waals surface area contributed by atoms with Crippen molar-refractivity contribution in [1.82, 2.24) is 4.57 Å². The third kappa shape index (κ3) is 6.81. The first-order chi connectivity index (χ1) is 15.3. The highest BCUT2D eigenvalue weighted by Gasteiger charge is 2.32. The molecule has 0 amide bonds. The first-order valence-corrected chi connectivity index (χ1v) is 10.6. The van der Waals surface area contributed by atoms with Crippen molar-refractivity contribution < 1.29 is 44.2 Å². The lowest BCUT2D eigenvalue weighted by atomic mass is 10.3. The molecule has 1 aromatic heterocycles. The molecule has 2 aromatic carbocycles. The summed E-state index contributed by atoms with van der Waals surface area (Å²) in [6, 6.07) is 11.9. The molecule has 1 N–H and O–H groups in total. The van der Waals surface area contributed by atoms with Crippen LogP contribution >= 0.6 is 0 Å². The van der Waals surface area contributed by atoms with Gasteiger partial charge in [-0.2, -0.15) is 26.3 Å². The van der Waals surface area contributed by atoms with Crippen LogP contribution in [0.1, 0.15) is 0 Å². The average Bonchev–Trinajstić information content (AvgIpc) is 3.24. The van der Waals surface area contributed by atoms with Crippen LogP contribution in [-0.2, 0) is 10.0 Å². The summed E-state index contributed by atoms with van der Waals surface area (Å²) in [5.74, 6) is -1.23. The van der Waals surface area contributed by atoms with Gasteiger partial charge in [0.05, 0.1) is 11.4 Å². The highest BCUT2D eigenvalue weighted by Crippen LogP contribution is 2.33. The van der Waals surface area contributed by atoms with E-state index >= 15 is 0 Å². The molecule has 0 aliphatic heterocycles. The predicted octanol–water partition coefficient (Wildman–Crippen LogP) is 5.16. The Morgan fingerprint density at radius 1 is 0.818 bits per heavy atom. The van der Waals surface area contributed by atoms with Gasteiger partial charge in [0.15, 0.2) is 13.2 Å². The molecule has 3 aromatic rings. The van der Waals surface area contributed by atoms with Crippen molar-refractivity contribution >= 4 is 15.7 Å². The molecule has 0 saturated heterocycles. The van der Waals surface area contributed by atoms with Crippen LogP contribution in [0.15, 0.2) is 71.9 Å². The highest BCUT2D eigenvalue weighted by atomic mass is 32.2. The number of hydrogen-bond donors (Lipinski definition) is 1. The second-order valence-electron chi connectivity index (χ2n) is 6.63. The summed E-state index contributed by atoms with van der Waals surface area (Å²) >= 11 is 0. The molecule has 0 unspecified atom stereocenters. The Labute approximate surface area is 184 Å². The Kier molecular flexibility index (Phi) is 6.81. The number of hydrogen-bond acceptors (Lipinski definition) is 4. The number of ether oxygens (including phenoxy) is 2. The standard InChI is InChI=1S/C20H16F6N2O4S/c21-19(22,23)12-31-14-7-8-17(32-13-20(24,25)26)18(11-14)33(29,30)27-15-5-1-2-6-16(15)28-9-3-4-10-28/h1-11,27H,12-13H2. The van der Waals surface area contributed by atoms with Gasteiger partial charge in [-0.3, -0.25) is 4.72 Å². The largest absolute Gasteiger partial charge is 0.484 e. The molecule has 0 fully saturated rings. The molecule has 6 nitrogen and oxygen atoms in total. The maximum Gasteiger partial charge on any atom is 0.422 e. The number of benzene rings is 2. The van der Waals surface area contributed by atoms with Gasteiger partial charge < -0.3 is 14.0 Å². The van der Waals surface area contributed by atoms with E-state index in [4.69, 9.17) is 0 Å². The first kappa shape index (κ1) is 24.3. The fraction of sp³-hybridized carbons (Fsp3) is 0.200. The van der Waals surface area contributed by atoms with Crippen LogP contribution in [0.2, 0.25) is 0 Å². The van der Waals surface area contributed by atoms with Gasteiger partial charge in [0.25, 0.3) is 10.0 Å². The van der Waals surface area contributed by atoms with E-state index in [-0.39, 0.29) is 5.69 Å². The summed E-state index contributed by atoms with van der Waals surface area (Å²) in [6.07, 6.45) is -6.22. The number of anilines is 1. The van der Waals surface area contributed by atoms with Crippen LogP contribution in [0.3, 0.4) is 0 Å². The number of halogens is 6. The molecule has 3 rings (SSSR count). The topological polar surface area (TPSA) is 69.6 Å². The van der Waals surface area contributed by atoms with Crippen molar-refractivity contribution in [1.29, 1.82) is 0 Å². The lowest BCUT2D eigenvalue weighted by molar-refractivity contribution is -0.154. The maximum atomic E-state index is 13.1. The second-order valence-corrected chi connectivity index (χ2v) is 8.28. The zero-order chi connectivity index (χ0) is 24.3. The van der Waals surface area contributed by atoms with Crippen molar-refractivity contribution in [2.24, 2.45) is 0 Å². The van der Waals surface area contributed by atoms with Gasteiger partial charge >= 0.3 is 12.4 Å². The van der Waals surface area contributed by atoms with E-state index in [0.717, 1.165) is 12.1 Å². The number of aromatic nitrogens is 1. The van der Waals surface area contributed by atoms with E-state index in [0.29, 0.717) is 11.8 Å². The lowest BCUT2D eigenvalue weighted by Gasteiger charge is -2.18. The maximum absolute atomic E-state index is 13.1. The van der Waals surface area contributed by atoms with Crippen molar-refractivity contribution in [3.05, 3.63) is 67.0 Å². The summed E-state index contributed by atoms with van der Waals surface area (Å²) < 4.78 is 114. The van der Waals surface area contributed by atoms with Gasteiger partial charge in [0, 0.05) is 18.5 Å². The third-order valence-electron chi connectivity index (χ3n) is 4.03. The molecule has 0 atom stereocenters. The SMILES string of the molecule is O=S(=O)(Nc1ccccc1-n1cccc1)c1cc(OCC(F)(F)F)ccc1OCC(F)(F)F. The fourth-order valence-corrected chi connectivity index (χ4v) is 3.95. The first-order valence-electron chi connectivity index (χ1n) is 9.12. The zero-order valence-electron chi connectivity index (χ0n) is 16.5. The number of para-hydroxylation sites is 2. The molecule has 0 spiro atoms. The van der Waals surface area contributed by atoms with Gasteiger partial charge in [0.1, 0.15) is 16.4 Å². The van der Waals surface area contributed by atoms with Crippen molar-refractivity contribution in [2.75, 3.05) is 17.9 Å². The highest BCUT2D eigenvalue weighted by molar-refractivity contribution is 7.92. The summed E-state index contributed by atoms with van der Waals surface area (Å²) in [5.41, 5.74) is 0.463. The number of nitrogens with one attached hydrogen (secondary N) is 1. The Bertz CT molecular complexity index is 1190. The lowest BCUT2D eigenvalue weighted by Crippen LogP contribution is -2.22. The summed E-state index contributed by atoms with van der Waals surface area (Å²) in [5, 5.41) is 0. The monoisotopic (exact) mass is 494 g/mol. The van der Waals surface area contributed by atoms with E-state index in [2.05, 4.69) is 14.2 Å². The molecule has 0 saturated carbocycles. The van der Waals surface area contributed by atoms with Crippen LogP contribution in [-0.4, -0.2) is 38.6 Å². The smallest absolute Gasteiger partial charge is 0.422 e. The van der Waals surface area contributed by atoms with Crippen LogP contribution in [0.4, 0.5) is 32.0 Å². The molecular formula is C20H16F6N2O4S. The number of sulfonamides is 1. The van der Waals surface area contributed by atoms with Gasteiger partial charge in [-0.1, -0.05) is 12.1 Å². The second kappa shape index (κ2) is 9.25. The summed E-state index contributed by atoms with van der Waals surface area (Å²) in [4.78, 5) is -0.825. The Morgan fingerprint density at radius 3 is 2.06 bits per heavy atom. The van der Waals surface area contributed by atoms with Crippen LogP contribution in [0.5, 0.6) is 11.5 Å². The average molecular weight is 494 g/mol. The van der Waals surface area contributed by atoms with Crippen LogP contribution in [0.25, 0.3) is 5.69 Å². The van der Waals surface area contributed by atoms with E-state index < -0.39 is 52.0 Å². The van der Waals surface area contributed by atoms with Crippen molar-refractivity contribution in [2.45, 2.75) is 17.2 Å². The molecule has 178 valence electrons. The molecule has 1 heterocycles. The van der Waals surface area contributed by atoms with E-state index in [1.54, 1.807) is 41.2 Å². The number of rotatable bonds is 8. The fourth-order valence-electron chi connectivity index (χ4n) is 2.71. The van der Waals surface area contributed by atoms with E-state index in [1.165, 1.54) is 12.1 Å². The Balaban J connectivity index is 1.99. The minimum absolute atomic E-state index is 0.0667. The molecule has 13 heteroatoms. The number of alkyl halides is 6. The predicted molar refractivity (Wildman–Crippen MR) is 106 cm³/mol. The summed E-state index contributed by atoms with van der Waals surface area (Å²) in [7, 11) is -4.62. The van der Waals surface area contributed by atoms with Gasteiger partial charge in [-0.25, -0.2) is 8.42 Å². The normalized spacial score (nSPS) is 12.4. The van der Waals surface area contributed by atoms with Crippen LogP contribution in [0, 0.1) is 0 Å². The van der Waals surface area contributed by atoms with Crippen molar-refractivity contribution in [3.63, 3.8) is 0 Å². The van der Waals surface area contributed by atoms with Gasteiger partial charge in [-0.15, -0.1) is 0 Å².